The fraction of sp³-hybridized carbons (Fsp3) is 0.389. The lowest BCUT2D eigenvalue weighted by Gasteiger charge is -2.24. The summed E-state index contributed by atoms with van der Waals surface area (Å²) in [5.74, 6) is 0.0354. The zero-order valence-corrected chi connectivity index (χ0v) is 13.7. The number of furan rings is 1. The Labute approximate surface area is 131 Å². The lowest BCUT2D eigenvalue weighted by atomic mass is 9.98. The molecule has 0 aliphatic rings. The first-order valence-electron chi connectivity index (χ1n) is 7.40. The van der Waals surface area contributed by atoms with Crippen molar-refractivity contribution >= 4 is 5.91 Å². The monoisotopic (exact) mass is 301 g/mol. The van der Waals surface area contributed by atoms with E-state index in [9.17, 15) is 4.79 Å². The Bertz CT molecular complexity index is 609. The smallest absolute Gasteiger partial charge is 0.254 e. The number of aryl methyl sites for hydroxylation is 3. The molecule has 0 saturated carbocycles. The SMILES string of the molecule is COCCN(Cc1ccoc1)C(=O)c1c(C)cc(C)cc1C. The number of carbonyl (C=O) groups excluding carboxylic acids is 1. The molecule has 0 fully saturated rings. The van der Waals surface area contributed by atoms with Crippen LogP contribution in [-0.4, -0.2) is 31.1 Å². The summed E-state index contributed by atoms with van der Waals surface area (Å²) in [5, 5.41) is 0. The van der Waals surface area contributed by atoms with Crippen molar-refractivity contribution in [1.82, 2.24) is 4.90 Å². The molecule has 2 aromatic rings. The number of ether oxygens (including phenoxy) is 1. The molecule has 1 heterocycles. The minimum Gasteiger partial charge on any atom is -0.472 e. The highest BCUT2D eigenvalue weighted by Crippen LogP contribution is 2.19. The number of methoxy groups -OCH3 is 1. The van der Waals surface area contributed by atoms with Gasteiger partial charge in [0.05, 0.1) is 19.1 Å². The highest BCUT2D eigenvalue weighted by atomic mass is 16.5. The van der Waals surface area contributed by atoms with Gasteiger partial charge >= 0.3 is 0 Å². The summed E-state index contributed by atoms with van der Waals surface area (Å²) in [5.41, 5.74) is 4.95. The molecule has 0 spiro atoms. The fourth-order valence-electron chi connectivity index (χ4n) is 2.73. The molecule has 0 aliphatic heterocycles. The summed E-state index contributed by atoms with van der Waals surface area (Å²) in [6, 6.07) is 5.97. The molecule has 4 heteroatoms. The van der Waals surface area contributed by atoms with Gasteiger partial charge in [-0.15, -0.1) is 0 Å². The van der Waals surface area contributed by atoms with Gasteiger partial charge in [-0.1, -0.05) is 17.7 Å². The van der Waals surface area contributed by atoms with Gasteiger partial charge in [0.15, 0.2) is 0 Å². The van der Waals surface area contributed by atoms with Crippen LogP contribution >= 0.6 is 0 Å². The largest absolute Gasteiger partial charge is 0.472 e. The summed E-state index contributed by atoms with van der Waals surface area (Å²) >= 11 is 0. The third kappa shape index (κ3) is 3.77. The van der Waals surface area contributed by atoms with E-state index < -0.39 is 0 Å². The van der Waals surface area contributed by atoms with Gasteiger partial charge < -0.3 is 14.1 Å². The lowest BCUT2D eigenvalue weighted by Crippen LogP contribution is -2.34. The number of hydrogen-bond acceptors (Lipinski definition) is 3. The maximum atomic E-state index is 13.0. The van der Waals surface area contributed by atoms with Crippen molar-refractivity contribution in [2.24, 2.45) is 0 Å². The van der Waals surface area contributed by atoms with E-state index in [0.29, 0.717) is 19.7 Å². The number of hydrogen-bond donors (Lipinski definition) is 0. The molecule has 0 atom stereocenters. The van der Waals surface area contributed by atoms with E-state index in [2.05, 4.69) is 0 Å². The third-order valence-electron chi connectivity index (χ3n) is 3.70. The molecule has 0 aliphatic carbocycles. The highest BCUT2D eigenvalue weighted by molar-refractivity contribution is 5.97. The van der Waals surface area contributed by atoms with Gasteiger partial charge in [0.1, 0.15) is 0 Å². The van der Waals surface area contributed by atoms with E-state index in [-0.39, 0.29) is 5.91 Å². The molecule has 4 nitrogen and oxygen atoms in total. The van der Waals surface area contributed by atoms with Crippen LogP contribution in [0.1, 0.15) is 32.6 Å². The third-order valence-corrected chi connectivity index (χ3v) is 3.70. The minimum absolute atomic E-state index is 0.0354. The molecular weight excluding hydrogens is 278 g/mol. The van der Waals surface area contributed by atoms with Crippen LogP contribution in [0, 0.1) is 20.8 Å². The van der Waals surface area contributed by atoms with E-state index >= 15 is 0 Å². The van der Waals surface area contributed by atoms with Crippen LogP contribution in [-0.2, 0) is 11.3 Å². The summed E-state index contributed by atoms with van der Waals surface area (Å²) < 4.78 is 10.2. The van der Waals surface area contributed by atoms with Gasteiger partial charge in [-0.25, -0.2) is 0 Å². The van der Waals surface area contributed by atoms with Crippen molar-refractivity contribution in [3.8, 4) is 0 Å². The van der Waals surface area contributed by atoms with Crippen LogP contribution in [0.15, 0.2) is 35.1 Å². The van der Waals surface area contributed by atoms with Crippen LogP contribution in [0.3, 0.4) is 0 Å². The Morgan fingerprint density at radius 3 is 2.45 bits per heavy atom. The molecule has 1 aromatic heterocycles. The summed E-state index contributed by atoms with van der Waals surface area (Å²) in [6.45, 7) is 7.59. The Kier molecular flexibility index (Phi) is 5.39. The second-order valence-electron chi connectivity index (χ2n) is 5.62. The van der Waals surface area contributed by atoms with E-state index in [1.807, 2.05) is 39.0 Å². The Morgan fingerprint density at radius 1 is 1.23 bits per heavy atom. The minimum atomic E-state index is 0.0354. The molecule has 0 unspecified atom stereocenters. The van der Waals surface area contributed by atoms with E-state index in [0.717, 1.165) is 22.3 Å². The van der Waals surface area contributed by atoms with Crippen molar-refractivity contribution in [2.45, 2.75) is 27.3 Å². The average molecular weight is 301 g/mol. The van der Waals surface area contributed by atoms with Crippen LogP contribution < -0.4 is 0 Å². The molecule has 22 heavy (non-hydrogen) atoms. The van der Waals surface area contributed by atoms with Crippen LogP contribution in [0.2, 0.25) is 0 Å². The molecule has 1 aromatic carbocycles. The van der Waals surface area contributed by atoms with Gasteiger partial charge in [-0.3, -0.25) is 4.79 Å². The van der Waals surface area contributed by atoms with Crippen molar-refractivity contribution in [3.05, 3.63) is 58.5 Å². The van der Waals surface area contributed by atoms with Crippen molar-refractivity contribution in [3.63, 3.8) is 0 Å². The number of amides is 1. The maximum Gasteiger partial charge on any atom is 0.254 e. The molecule has 0 saturated heterocycles. The van der Waals surface area contributed by atoms with Gasteiger partial charge in [-0.2, -0.15) is 0 Å². The van der Waals surface area contributed by atoms with Crippen molar-refractivity contribution < 1.29 is 13.9 Å². The number of rotatable bonds is 6. The first-order valence-corrected chi connectivity index (χ1v) is 7.40. The molecule has 118 valence electrons. The summed E-state index contributed by atoms with van der Waals surface area (Å²) in [4.78, 5) is 14.8. The van der Waals surface area contributed by atoms with Gasteiger partial charge in [0.25, 0.3) is 5.91 Å². The van der Waals surface area contributed by atoms with Crippen LogP contribution in [0.5, 0.6) is 0 Å². The van der Waals surface area contributed by atoms with Crippen LogP contribution in [0.25, 0.3) is 0 Å². The Morgan fingerprint density at radius 2 is 1.91 bits per heavy atom. The quantitative estimate of drug-likeness (QED) is 0.820. The van der Waals surface area contributed by atoms with Crippen LogP contribution in [0.4, 0.5) is 0 Å². The second kappa shape index (κ2) is 7.27. The number of carbonyl (C=O) groups is 1. The summed E-state index contributed by atoms with van der Waals surface area (Å²) in [7, 11) is 1.64. The number of nitrogens with zero attached hydrogens (tertiary/aromatic N) is 1. The molecule has 0 radical (unpaired) electrons. The highest BCUT2D eigenvalue weighted by Gasteiger charge is 2.20. The van der Waals surface area contributed by atoms with Crippen molar-refractivity contribution in [2.75, 3.05) is 20.3 Å². The Hall–Kier alpha value is -2.07. The summed E-state index contributed by atoms with van der Waals surface area (Å²) in [6.07, 6.45) is 3.29. The van der Waals surface area contributed by atoms with E-state index in [1.54, 1.807) is 24.5 Å². The first-order chi connectivity index (χ1) is 10.5. The fourth-order valence-corrected chi connectivity index (χ4v) is 2.73. The zero-order chi connectivity index (χ0) is 16.1. The van der Waals surface area contributed by atoms with Gasteiger partial charge in [0, 0.05) is 31.3 Å². The predicted molar refractivity (Wildman–Crippen MR) is 86.0 cm³/mol. The Balaban J connectivity index is 2.28. The maximum absolute atomic E-state index is 13.0. The lowest BCUT2D eigenvalue weighted by molar-refractivity contribution is 0.0678. The standard InChI is InChI=1S/C18H23NO3/c1-13-9-14(2)17(15(3)10-13)18(20)19(6-8-21-4)11-16-5-7-22-12-16/h5,7,9-10,12H,6,8,11H2,1-4H3. The van der Waals surface area contributed by atoms with Gasteiger partial charge in [-0.05, 0) is 38.0 Å². The van der Waals surface area contributed by atoms with E-state index in [1.165, 1.54) is 5.56 Å². The zero-order valence-electron chi connectivity index (χ0n) is 13.7. The van der Waals surface area contributed by atoms with Gasteiger partial charge in [0.2, 0.25) is 0 Å². The molecule has 2 rings (SSSR count). The second-order valence-corrected chi connectivity index (χ2v) is 5.62. The topological polar surface area (TPSA) is 42.7 Å². The molecule has 0 bridgehead atoms. The molecular formula is C18H23NO3. The average Bonchev–Trinajstić information content (AvgIpc) is 2.95. The molecule has 1 amide bonds. The van der Waals surface area contributed by atoms with E-state index in [4.69, 9.17) is 9.15 Å². The van der Waals surface area contributed by atoms with Crippen molar-refractivity contribution in [1.29, 1.82) is 0 Å². The first kappa shape index (κ1) is 16.3. The molecule has 0 N–H and O–H groups in total. The number of benzene rings is 1. The normalized spacial score (nSPS) is 10.7. The predicted octanol–water partition coefficient (Wildman–Crippen LogP) is 3.49.